The van der Waals surface area contributed by atoms with Crippen LogP contribution in [0, 0.1) is 0 Å². The lowest BCUT2D eigenvalue weighted by molar-refractivity contribution is 0.129. The molecule has 0 aliphatic carbocycles. The highest BCUT2D eigenvalue weighted by Crippen LogP contribution is 2.15. The Hall–Kier alpha value is -2.20. The number of rotatable bonds is 6. The molecule has 0 heterocycles. The van der Waals surface area contributed by atoms with E-state index in [1.54, 1.807) is 7.11 Å². The molecule has 2 aromatic carbocycles. The van der Waals surface area contributed by atoms with Crippen molar-refractivity contribution in [2.24, 2.45) is 0 Å². The smallest absolute Gasteiger partial charge is 0.159 e. The van der Waals surface area contributed by atoms with Gasteiger partial charge in [0.05, 0.1) is 7.11 Å². The van der Waals surface area contributed by atoms with Gasteiger partial charge in [-0.1, -0.05) is 18.2 Å². The molecule has 2 aromatic rings. The third kappa shape index (κ3) is 4.19. The molecular formula is C15H17NO3. The molecule has 0 amide bonds. The number of hydrogen-bond acceptors (Lipinski definition) is 4. The zero-order valence-electron chi connectivity index (χ0n) is 10.7. The van der Waals surface area contributed by atoms with E-state index in [2.05, 4.69) is 5.32 Å². The molecule has 0 spiro atoms. The molecular weight excluding hydrogens is 242 g/mol. The molecule has 0 bridgehead atoms. The minimum Gasteiger partial charge on any atom is -0.497 e. The van der Waals surface area contributed by atoms with Crippen LogP contribution < -0.4 is 14.8 Å². The second kappa shape index (κ2) is 6.66. The average Bonchev–Trinajstić information content (AvgIpc) is 2.47. The number of aliphatic hydroxyl groups excluding tert-OH is 1. The Morgan fingerprint density at radius 2 is 1.68 bits per heavy atom. The summed E-state index contributed by atoms with van der Waals surface area (Å²) < 4.78 is 10.5. The number of nitrogens with one attached hydrogen (secondary N) is 1. The van der Waals surface area contributed by atoms with Crippen LogP contribution >= 0.6 is 0 Å². The standard InChI is InChI=1S/C15H17NO3/c1-18-13-9-7-12(8-10-13)16-15(17)11-19-14-5-3-2-4-6-14/h2-10,15-17H,11H2,1H3. The summed E-state index contributed by atoms with van der Waals surface area (Å²) in [5.41, 5.74) is 0.810. The Bertz CT molecular complexity index is 485. The number of benzene rings is 2. The van der Waals surface area contributed by atoms with Gasteiger partial charge < -0.3 is 19.9 Å². The molecule has 0 fully saturated rings. The molecule has 4 nitrogen and oxygen atoms in total. The molecule has 0 aliphatic heterocycles. The highest BCUT2D eigenvalue weighted by Gasteiger charge is 2.04. The normalized spacial score (nSPS) is 11.7. The Balaban J connectivity index is 1.82. The predicted molar refractivity (Wildman–Crippen MR) is 74.6 cm³/mol. The van der Waals surface area contributed by atoms with Crippen molar-refractivity contribution in [2.75, 3.05) is 19.0 Å². The number of aliphatic hydroxyl groups is 1. The minimum absolute atomic E-state index is 0.177. The number of anilines is 1. The van der Waals surface area contributed by atoms with Gasteiger partial charge in [-0.15, -0.1) is 0 Å². The fourth-order valence-electron chi connectivity index (χ4n) is 1.61. The van der Waals surface area contributed by atoms with E-state index in [0.29, 0.717) is 0 Å². The SMILES string of the molecule is COc1ccc(NC(O)COc2ccccc2)cc1. The summed E-state index contributed by atoms with van der Waals surface area (Å²) >= 11 is 0. The number of para-hydroxylation sites is 1. The van der Waals surface area contributed by atoms with Crippen LogP contribution in [0.2, 0.25) is 0 Å². The van der Waals surface area contributed by atoms with E-state index in [1.165, 1.54) is 0 Å². The largest absolute Gasteiger partial charge is 0.497 e. The van der Waals surface area contributed by atoms with Crippen molar-refractivity contribution in [3.63, 3.8) is 0 Å². The molecule has 2 rings (SSSR count). The van der Waals surface area contributed by atoms with E-state index in [4.69, 9.17) is 9.47 Å². The minimum atomic E-state index is -0.770. The molecule has 100 valence electrons. The molecule has 0 aliphatic rings. The number of hydrogen-bond donors (Lipinski definition) is 2. The van der Waals surface area contributed by atoms with Gasteiger partial charge in [0.25, 0.3) is 0 Å². The summed E-state index contributed by atoms with van der Waals surface area (Å²) in [5.74, 6) is 1.51. The fourth-order valence-corrected chi connectivity index (χ4v) is 1.61. The van der Waals surface area contributed by atoms with Crippen molar-refractivity contribution < 1.29 is 14.6 Å². The Labute approximate surface area is 112 Å². The average molecular weight is 259 g/mol. The van der Waals surface area contributed by atoms with Gasteiger partial charge >= 0.3 is 0 Å². The monoisotopic (exact) mass is 259 g/mol. The Kier molecular flexibility index (Phi) is 4.64. The molecule has 0 saturated carbocycles. The molecule has 0 aromatic heterocycles. The molecule has 2 N–H and O–H groups in total. The second-order valence-electron chi connectivity index (χ2n) is 4.01. The number of methoxy groups -OCH3 is 1. The molecule has 1 unspecified atom stereocenters. The predicted octanol–water partition coefficient (Wildman–Crippen LogP) is 2.50. The molecule has 1 atom stereocenters. The quantitative estimate of drug-likeness (QED) is 0.783. The lowest BCUT2D eigenvalue weighted by Crippen LogP contribution is -2.26. The van der Waals surface area contributed by atoms with Crippen molar-refractivity contribution in [3.8, 4) is 11.5 Å². The van der Waals surface area contributed by atoms with Gasteiger partial charge in [-0.2, -0.15) is 0 Å². The molecule has 4 heteroatoms. The van der Waals surface area contributed by atoms with Crippen LogP contribution in [0.3, 0.4) is 0 Å². The lowest BCUT2D eigenvalue weighted by Gasteiger charge is -2.15. The summed E-state index contributed by atoms with van der Waals surface area (Å²) in [7, 11) is 1.62. The van der Waals surface area contributed by atoms with Crippen LogP contribution in [0.4, 0.5) is 5.69 Å². The molecule has 0 saturated heterocycles. The van der Waals surface area contributed by atoms with Crippen molar-refractivity contribution in [1.82, 2.24) is 0 Å². The summed E-state index contributed by atoms with van der Waals surface area (Å²) in [6, 6.07) is 16.7. The van der Waals surface area contributed by atoms with E-state index < -0.39 is 6.23 Å². The first-order valence-electron chi connectivity index (χ1n) is 6.04. The third-order valence-electron chi connectivity index (χ3n) is 2.57. The van der Waals surface area contributed by atoms with Crippen molar-refractivity contribution >= 4 is 5.69 Å². The second-order valence-corrected chi connectivity index (χ2v) is 4.01. The topological polar surface area (TPSA) is 50.7 Å². The first-order chi connectivity index (χ1) is 9.28. The van der Waals surface area contributed by atoms with Crippen molar-refractivity contribution in [3.05, 3.63) is 54.6 Å². The summed E-state index contributed by atoms with van der Waals surface area (Å²) in [4.78, 5) is 0. The lowest BCUT2D eigenvalue weighted by atomic mass is 10.3. The third-order valence-corrected chi connectivity index (χ3v) is 2.57. The zero-order chi connectivity index (χ0) is 13.5. The highest BCUT2D eigenvalue weighted by atomic mass is 16.5. The van der Waals surface area contributed by atoms with Gasteiger partial charge in [-0.05, 0) is 36.4 Å². The molecule has 19 heavy (non-hydrogen) atoms. The summed E-state index contributed by atoms with van der Waals surface area (Å²) in [6.45, 7) is 0.177. The van der Waals surface area contributed by atoms with Gasteiger partial charge in [-0.25, -0.2) is 0 Å². The van der Waals surface area contributed by atoms with Crippen LogP contribution in [0.1, 0.15) is 0 Å². The fraction of sp³-hybridized carbons (Fsp3) is 0.200. The van der Waals surface area contributed by atoms with Crippen LogP contribution in [-0.2, 0) is 0 Å². The van der Waals surface area contributed by atoms with Gasteiger partial charge in [0.15, 0.2) is 6.23 Å². The van der Waals surface area contributed by atoms with Crippen LogP contribution in [0.15, 0.2) is 54.6 Å². The van der Waals surface area contributed by atoms with Crippen molar-refractivity contribution in [1.29, 1.82) is 0 Å². The molecule has 0 radical (unpaired) electrons. The Morgan fingerprint density at radius 1 is 1.00 bits per heavy atom. The first-order valence-corrected chi connectivity index (χ1v) is 6.04. The van der Waals surface area contributed by atoms with Gasteiger partial charge in [-0.3, -0.25) is 0 Å². The maximum atomic E-state index is 9.82. The summed E-state index contributed by atoms with van der Waals surface area (Å²) in [5, 5.41) is 12.8. The first kappa shape index (κ1) is 13.2. The maximum Gasteiger partial charge on any atom is 0.159 e. The Morgan fingerprint density at radius 3 is 2.32 bits per heavy atom. The van der Waals surface area contributed by atoms with Gasteiger partial charge in [0.2, 0.25) is 0 Å². The van der Waals surface area contributed by atoms with E-state index in [0.717, 1.165) is 17.2 Å². The van der Waals surface area contributed by atoms with Crippen LogP contribution in [-0.4, -0.2) is 25.1 Å². The van der Waals surface area contributed by atoms with Crippen molar-refractivity contribution in [2.45, 2.75) is 6.23 Å². The van der Waals surface area contributed by atoms with E-state index in [9.17, 15) is 5.11 Å². The van der Waals surface area contributed by atoms with Crippen LogP contribution in [0.25, 0.3) is 0 Å². The maximum absolute atomic E-state index is 9.82. The highest BCUT2D eigenvalue weighted by molar-refractivity contribution is 5.46. The van der Waals surface area contributed by atoms with Gasteiger partial charge in [0, 0.05) is 5.69 Å². The van der Waals surface area contributed by atoms with E-state index in [1.807, 2.05) is 54.6 Å². The number of ether oxygens (including phenoxy) is 2. The zero-order valence-corrected chi connectivity index (χ0v) is 10.7. The summed E-state index contributed by atoms with van der Waals surface area (Å²) in [6.07, 6.45) is -0.770. The van der Waals surface area contributed by atoms with E-state index in [-0.39, 0.29) is 6.61 Å². The van der Waals surface area contributed by atoms with Crippen LogP contribution in [0.5, 0.6) is 11.5 Å². The van der Waals surface area contributed by atoms with E-state index >= 15 is 0 Å². The van der Waals surface area contributed by atoms with Gasteiger partial charge in [0.1, 0.15) is 18.1 Å².